The number of thiophene rings is 1. The van der Waals surface area contributed by atoms with Gasteiger partial charge in [0, 0.05) is 49.3 Å². The molecule has 0 atom stereocenters. The average Bonchev–Trinajstić information content (AvgIpc) is 3.59. The molecule has 5 aromatic rings. The molecule has 4 heterocycles. The minimum absolute atomic E-state index is 0.711. The summed E-state index contributed by atoms with van der Waals surface area (Å²) >= 11 is 1.65. The van der Waals surface area contributed by atoms with Crippen molar-refractivity contribution < 1.29 is 0 Å². The first-order chi connectivity index (χ1) is 15.3. The molecule has 31 heavy (non-hydrogen) atoms. The monoisotopic (exact) mass is 431 g/mol. The van der Waals surface area contributed by atoms with Crippen molar-refractivity contribution in [3.63, 3.8) is 0 Å². The van der Waals surface area contributed by atoms with Gasteiger partial charge in [-0.15, -0.1) is 15.3 Å². The maximum absolute atomic E-state index is 4.27. The molecule has 9 nitrogen and oxygen atoms in total. The zero-order valence-corrected chi connectivity index (χ0v) is 17.6. The summed E-state index contributed by atoms with van der Waals surface area (Å²) in [4.78, 5) is 0. The van der Waals surface area contributed by atoms with E-state index in [0.717, 1.165) is 42.0 Å². The summed E-state index contributed by atoms with van der Waals surface area (Å²) in [5.74, 6) is 0. The van der Waals surface area contributed by atoms with Crippen LogP contribution in [0.1, 0.15) is 17.0 Å². The van der Waals surface area contributed by atoms with Crippen LogP contribution >= 0.6 is 11.3 Å². The van der Waals surface area contributed by atoms with E-state index >= 15 is 0 Å². The summed E-state index contributed by atoms with van der Waals surface area (Å²) in [6.07, 6.45) is 7.43. The van der Waals surface area contributed by atoms with Crippen molar-refractivity contribution in [1.29, 1.82) is 0 Å². The van der Waals surface area contributed by atoms with Crippen molar-refractivity contribution in [3.05, 3.63) is 82.7 Å². The Bertz CT molecular complexity index is 1220. The highest BCUT2D eigenvalue weighted by Gasteiger charge is 2.07. The van der Waals surface area contributed by atoms with Gasteiger partial charge in [-0.1, -0.05) is 46.0 Å². The largest absolute Gasteiger partial charge is 0.252 e. The Labute approximate surface area is 183 Å². The first-order valence-corrected chi connectivity index (χ1v) is 11.0. The van der Waals surface area contributed by atoms with Gasteiger partial charge in [0.25, 0.3) is 0 Å². The lowest BCUT2D eigenvalue weighted by atomic mass is 10.2. The highest BCUT2D eigenvalue weighted by Crippen LogP contribution is 2.18. The van der Waals surface area contributed by atoms with Crippen LogP contribution in [0, 0.1) is 0 Å². The molecule has 0 amide bonds. The Morgan fingerprint density at radius 3 is 2.13 bits per heavy atom. The van der Waals surface area contributed by atoms with E-state index in [-0.39, 0.29) is 0 Å². The van der Waals surface area contributed by atoms with E-state index in [4.69, 9.17) is 0 Å². The lowest BCUT2D eigenvalue weighted by Gasteiger charge is -1.99. The van der Waals surface area contributed by atoms with Crippen LogP contribution in [0.25, 0.3) is 11.3 Å². The third kappa shape index (κ3) is 4.92. The molecule has 10 heteroatoms. The quantitative estimate of drug-likeness (QED) is 0.356. The molecule has 0 aliphatic rings. The number of rotatable bonds is 9. The molecule has 0 saturated carbocycles. The van der Waals surface area contributed by atoms with Crippen LogP contribution in [0.15, 0.2) is 65.7 Å². The summed E-state index contributed by atoms with van der Waals surface area (Å²) < 4.78 is 5.56. The van der Waals surface area contributed by atoms with Crippen LogP contribution in [-0.2, 0) is 32.5 Å². The van der Waals surface area contributed by atoms with Gasteiger partial charge < -0.3 is 0 Å². The molecule has 0 unspecified atom stereocenters. The molecule has 0 saturated heterocycles. The lowest BCUT2D eigenvalue weighted by Crippen LogP contribution is -2.03. The minimum Gasteiger partial charge on any atom is -0.252 e. The molecule has 0 radical (unpaired) electrons. The normalized spacial score (nSPS) is 11.2. The van der Waals surface area contributed by atoms with Gasteiger partial charge in [0.1, 0.15) is 5.69 Å². The fraction of sp³-hybridized carbons (Fsp3) is 0.238. The Morgan fingerprint density at radius 2 is 1.39 bits per heavy atom. The predicted molar refractivity (Wildman–Crippen MR) is 116 cm³/mol. The SMILES string of the molecule is c1ccc(Cn2cc(CCn3cc(CCn4cc(-c5ccsc5)nn4)nn3)nn2)cc1. The minimum atomic E-state index is 0.711. The first-order valence-electron chi connectivity index (χ1n) is 10.1. The molecule has 0 fully saturated rings. The molecular weight excluding hydrogens is 410 g/mol. The van der Waals surface area contributed by atoms with Crippen LogP contribution in [0.3, 0.4) is 0 Å². The molecule has 0 N–H and O–H groups in total. The fourth-order valence-corrected chi connectivity index (χ4v) is 3.92. The van der Waals surface area contributed by atoms with Crippen molar-refractivity contribution in [1.82, 2.24) is 45.0 Å². The van der Waals surface area contributed by atoms with Crippen LogP contribution in [0.5, 0.6) is 0 Å². The molecular formula is C21H21N9S. The van der Waals surface area contributed by atoms with Gasteiger partial charge >= 0.3 is 0 Å². The second kappa shape index (κ2) is 9.00. The van der Waals surface area contributed by atoms with Crippen molar-refractivity contribution in [2.45, 2.75) is 32.5 Å². The number of hydrogen-bond donors (Lipinski definition) is 0. The van der Waals surface area contributed by atoms with E-state index in [0.29, 0.717) is 13.1 Å². The highest BCUT2D eigenvalue weighted by atomic mass is 32.1. The molecule has 5 rings (SSSR count). The van der Waals surface area contributed by atoms with Gasteiger partial charge in [0.05, 0.1) is 24.1 Å². The van der Waals surface area contributed by atoms with Gasteiger partial charge in [0.2, 0.25) is 0 Å². The second-order valence-electron chi connectivity index (χ2n) is 7.24. The fourth-order valence-electron chi connectivity index (χ4n) is 3.27. The summed E-state index contributed by atoms with van der Waals surface area (Å²) in [6.45, 7) is 2.14. The molecule has 0 spiro atoms. The molecule has 1 aromatic carbocycles. The second-order valence-corrected chi connectivity index (χ2v) is 8.02. The first kappa shape index (κ1) is 19.3. The topological polar surface area (TPSA) is 92.1 Å². The molecule has 0 aliphatic carbocycles. The molecule has 4 aromatic heterocycles. The predicted octanol–water partition coefficient (Wildman–Crippen LogP) is 2.72. The van der Waals surface area contributed by atoms with E-state index < -0.39 is 0 Å². The van der Waals surface area contributed by atoms with E-state index in [1.54, 1.807) is 11.3 Å². The van der Waals surface area contributed by atoms with Gasteiger partial charge in [-0.2, -0.15) is 11.3 Å². The van der Waals surface area contributed by atoms with Crippen LogP contribution in [-0.4, -0.2) is 45.0 Å². The summed E-state index contributed by atoms with van der Waals surface area (Å²) in [7, 11) is 0. The third-order valence-corrected chi connectivity index (χ3v) is 5.59. The van der Waals surface area contributed by atoms with Crippen LogP contribution < -0.4 is 0 Å². The van der Waals surface area contributed by atoms with Crippen molar-refractivity contribution in [3.8, 4) is 11.3 Å². The number of nitrogens with zero attached hydrogens (tertiary/aromatic N) is 9. The van der Waals surface area contributed by atoms with E-state index in [9.17, 15) is 0 Å². The van der Waals surface area contributed by atoms with Crippen molar-refractivity contribution in [2.24, 2.45) is 0 Å². The summed E-state index contributed by atoms with van der Waals surface area (Å²) in [5, 5.41) is 29.5. The Kier molecular flexibility index (Phi) is 5.61. The van der Waals surface area contributed by atoms with E-state index in [1.165, 1.54) is 5.56 Å². The Balaban J connectivity index is 1.11. The summed E-state index contributed by atoms with van der Waals surface area (Å²) in [5.41, 5.74) is 5.07. The zero-order chi connectivity index (χ0) is 20.9. The Hall–Kier alpha value is -3.66. The van der Waals surface area contributed by atoms with E-state index in [1.807, 2.05) is 62.3 Å². The number of hydrogen-bond acceptors (Lipinski definition) is 7. The Morgan fingerprint density at radius 1 is 0.710 bits per heavy atom. The summed E-state index contributed by atoms with van der Waals surface area (Å²) in [6, 6.07) is 12.3. The smallest absolute Gasteiger partial charge is 0.113 e. The van der Waals surface area contributed by atoms with E-state index in [2.05, 4.69) is 48.4 Å². The zero-order valence-electron chi connectivity index (χ0n) is 16.8. The highest BCUT2D eigenvalue weighted by molar-refractivity contribution is 7.08. The van der Waals surface area contributed by atoms with Crippen molar-refractivity contribution in [2.75, 3.05) is 0 Å². The van der Waals surface area contributed by atoms with Crippen molar-refractivity contribution >= 4 is 11.3 Å². The molecule has 0 bridgehead atoms. The van der Waals surface area contributed by atoms with Gasteiger partial charge in [0.15, 0.2) is 0 Å². The van der Waals surface area contributed by atoms with Crippen LogP contribution in [0.4, 0.5) is 0 Å². The maximum Gasteiger partial charge on any atom is 0.113 e. The maximum atomic E-state index is 4.27. The van der Waals surface area contributed by atoms with Gasteiger partial charge in [-0.25, -0.2) is 4.68 Å². The number of aromatic nitrogens is 9. The number of aryl methyl sites for hydroxylation is 4. The lowest BCUT2D eigenvalue weighted by molar-refractivity contribution is 0.580. The third-order valence-electron chi connectivity index (χ3n) is 4.91. The standard InChI is InChI=1S/C21H21N9S/c1-2-4-17(5-3-1)12-30-14-20(23-26-30)6-9-28-13-19(22-25-28)7-10-29-15-21(24-27-29)18-8-11-31-16-18/h1-5,8,11,13-16H,6-7,9-10,12H2. The van der Waals surface area contributed by atoms with Gasteiger partial charge in [-0.05, 0) is 17.0 Å². The van der Waals surface area contributed by atoms with Crippen LogP contribution in [0.2, 0.25) is 0 Å². The molecule has 0 aliphatic heterocycles. The van der Waals surface area contributed by atoms with Gasteiger partial charge in [-0.3, -0.25) is 9.36 Å². The molecule has 156 valence electrons. The number of benzene rings is 1. The average molecular weight is 432 g/mol.